The number of anilines is 1. The highest BCUT2D eigenvalue weighted by molar-refractivity contribution is 5.68. The van der Waals surface area contributed by atoms with E-state index in [-0.39, 0.29) is 5.41 Å². The fourth-order valence-electron chi connectivity index (χ4n) is 4.61. The number of nitrogens with zero attached hydrogens (tertiary/aromatic N) is 1. The zero-order valence-electron chi connectivity index (χ0n) is 12.4. The Morgan fingerprint density at radius 3 is 2.55 bits per heavy atom. The van der Waals surface area contributed by atoms with Crippen LogP contribution in [-0.4, -0.2) is 12.6 Å². The third kappa shape index (κ3) is 1.33. The van der Waals surface area contributed by atoms with Crippen molar-refractivity contribution in [3.05, 3.63) is 65.2 Å². The molecule has 1 saturated heterocycles. The van der Waals surface area contributed by atoms with Crippen LogP contribution in [0.15, 0.2) is 48.5 Å². The highest BCUT2D eigenvalue weighted by atomic mass is 15.2. The summed E-state index contributed by atoms with van der Waals surface area (Å²) in [4.78, 5) is 2.60. The Hall–Kier alpha value is -1.76. The molecule has 2 unspecified atom stereocenters. The second-order valence-corrected chi connectivity index (χ2v) is 6.64. The van der Waals surface area contributed by atoms with E-state index < -0.39 is 0 Å². The molecule has 2 heterocycles. The van der Waals surface area contributed by atoms with Gasteiger partial charge in [0.05, 0.1) is 0 Å². The number of fused-ring (bicyclic) bond motifs is 5. The minimum Gasteiger partial charge on any atom is -0.367 e. The van der Waals surface area contributed by atoms with Crippen LogP contribution in [0.4, 0.5) is 5.69 Å². The SMILES string of the molecule is Cc1ccccc1C1[C@@H](C)N2CC1(C)c1ccccc12. The first-order valence-electron chi connectivity index (χ1n) is 7.54. The molecule has 0 aliphatic carbocycles. The van der Waals surface area contributed by atoms with Gasteiger partial charge < -0.3 is 4.90 Å². The molecule has 4 rings (SSSR count). The van der Waals surface area contributed by atoms with Crippen molar-refractivity contribution < 1.29 is 0 Å². The highest BCUT2D eigenvalue weighted by Gasteiger charge is 2.55. The molecule has 2 aliphatic rings. The average molecular weight is 263 g/mol. The standard InChI is InChI=1S/C19H21N/c1-13-8-4-5-9-15(13)18-14(2)20-12-19(18,3)16-10-6-7-11-17(16)20/h4-11,14,18H,12H2,1-3H3/t14-,18?,19?/m1/s1. The summed E-state index contributed by atoms with van der Waals surface area (Å²) in [5.74, 6) is 0.596. The molecule has 3 atom stereocenters. The van der Waals surface area contributed by atoms with Gasteiger partial charge in [0.1, 0.15) is 0 Å². The Morgan fingerprint density at radius 2 is 1.75 bits per heavy atom. The predicted molar refractivity (Wildman–Crippen MR) is 84.5 cm³/mol. The lowest BCUT2D eigenvalue weighted by atomic mass is 9.67. The van der Waals surface area contributed by atoms with Crippen LogP contribution >= 0.6 is 0 Å². The van der Waals surface area contributed by atoms with Crippen LogP contribution in [0, 0.1) is 6.92 Å². The van der Waals surface area contributed by atoms with Crippen molar-refractivity contribution in [2.24, 2.45) is 0 Å². The lowest BCUT2D eigenvalue weighted by Gasteiger charge is -2.38. The van der Waals surface area contributed by atoms with Gasteiger partial charge in [-0.3, -0.25) is 0 Å². The summed E-state index contributed by atoms with van der Waals surface area (Å²) in [6.45, 7) is 8.25. The maximum atomic E-state index is 2.60. The molecule has 1 heteroatoms. The maximum absolute atomic E-state index is 2.60. The van der Waals surface area contributed by atoms with Crippen LogP contribution < -0.4 is 4.90 Å². The van der Waals surface area contributed by atoms with Gasteiger partial charge in [0, 0.05) is 29.6 Å². The van der Waals surface area contributed by atoms with E-state index in [1.807, 2.05) is 0 Å². The fourth-order valence-corrected chi connectivity index (χ4v) is 4.61. The van der Waals surface area contributed by atoms with Crippen LogP contribution in [0.2, 0.25) is 0 Å². The monoisotopic (exact) mass is 263 g/mol. The van der Waals surface area contributed by atoms with Gasteiger partial charge in [-0.25, -0.2) is 0 Å². The second-order valence-electron chi connectivity index (χ2n) is 6.64. The minimum absolute atomic E-state index is 0.252. The largest absolute Gasteiger partial charge is 0.367 e. The molecule has 2 aromatic carbocycles. The second kappa shape index (κ2) is 3.88. The molecule has 2 aromatic rings. The van der Waals surface area contributed by atoms with Gasteiger partial charge in [-0.05, 0) is 36.6 Å². The molecule has 0 aromatic heterocycles. The zero-order valence-corrected chi connectivity index (χ0v) is 12.4. The quantitative estimate of drug-likeness (QED) is 0.743. The van der Waals surface area contributed by atoms with Crippen LogP contribution in [0.5, 0.6) is 0 Å². The molecule has 0 amide bonds. The molecule has 0 N–H and O–H groups in total. The number of hydrogen-bond donors (Lipinski definition) is 0. The number of para-hydroxylation sites is 1. The van der Waals surface area contributed by atoms with E-state index in [0.717, 1.165) is 6.54 Å². The van der Waals surface area contributed by atoms with Crippen LogP contribution in [0.25, 0.3) is 0 Å². The van der Waals surface area contributed by atoms with E-state index in [0.29, 0.717) is 12.0 Å². The van der Waals surface area contributed by atoms with E-state index in [4.69, 9.17) is 0 Å². The molecule has 20 heavy (non-hydrogen) atoms. The topological polar surface area (TPSA) is 3.24 Å². The Balaban J connectivity index is 1.91. The average Bonchev–Trinajstić information content (AvgIpc) is 2.89. The summed E-state index contributed by atoms with van der Waals surface area (Å²) in [6, 6.07) is 18.4. The molecule has 2 bridgehead atoms. The first-order chi connectivity index (χ1) is 9.63. The Bertz CT molecular complexity index is 675. The molecule has 0 radical (unpaired) electrons. The van der Waals surface area contributed by atoms with E-state index in [1.165, 1.54) is 22.4 Å². The third-order valence-electron chi connectivity index (χ3n) is 5.51. The van der Waals surface area contributed by atoms with Crippen molar-refractivity contribution in [3.63, 3.8) is 0 Å². The maximum Gasteiger partial charge on any atom is 0.0408 e. The Kier molecular flexibility index (Phi) is 2.33. The van der Waals surface area contributed by atoms with Crippen molar-refractivity contribution >= 4 is 5.69 Å². The summed E-state index contributed by atoms with van der Waals surface area (Å²) in [6.07, 6.45) is 0. The molecule has 1 nitrogen and oxygen atoms in total. The predicted octanol–water partition coefficient (Wildman–Crippen LogP) is 4.26. The van der Waals surface area contributed by atoms with Crippen molar-refractivity contribution in [3.8, 4) is 0 Å². The van der Waals surface area contributed by atoms with E-state index in [9.17, 15) is 0 Å². The Morgan fingerprint density at radius 1 is 1.05 bits per heavy atom. The minimum atomic E-state index is 0.252. The molecule has 0 saturated carbocycles. The summed E-state index contributed by atoms with van der Waals surface area (Å²) in [5.41, 5.74) is 6.19. The number of rotatable bonds is 1. The number of benzene rings is 2. The smallest absolute Gasteiger partial charge is 0.0408 e. The Labute approximate surface area is 121 Å². The molecule has 0 spiro atoms. The van der Waals surface area contributed by atoms with E-state index in [1.54, 1.807) is 0 Å². The van der Waals surface area contributed by atoms with Gasteiger partial charge >= 0.3 is 0 Å². The van der Waals surface area contributed by atoms with Crippen LogP contribution in [0.1, 0.15) is 36.5 Å². The molecule has 102 valence electrons. The zero-order chi connectivity index (χ0) is 13.9. The van der Waals surface area contributed by atoms with Crippen LogP contribution in [0.3, 0.4) is 0 Å². The molecular weight excluding hydrogens is 242 g/mol. The lowest BCUT2D eigenvalue weighted by Crippen LogP contribution is -2.35. The van der Waals surface area contributed by atoms with Gasteiger partial charge in [0.2, 0.25) is 0 Å². The normalized spacial score (nSPS) is 30.6. The van der Waals surface area contributed by atoms with E-state index in [2.05, 4.69) is 74.2 Å². The van der Waals surface area contributed by atoms with Crippen molar-refractivity contribution in [1.29, 1.82) is 0 Å². The molecule has 1 fully saturated rings. The van der Waals surface area contributed by atoms with Gasteiger partial charge in [0.25, 0.3) is 0 Å². The first kappa shape index (κ1) is 12.0. The van der Waals surface area contributed by atoms with Gasteiger partial charge in [-0.1, -0.05) is 49.4 Å². The van der Waals surface area contributed by atoms with Crippen LogP contribution in [-0.2, 0) is 5.41 Å². The number of hydrogen-bond acceptors (Lipinski definition) is 1. The van der Waals surface area contributed by atoms with E-state index >= 15 is 0 Å². The number of aryl methyl sites for hydroxylation is 1. The van der Waals surface area contributed by atoms with Gasteiger partial charge in [-0.2, -0.15) is 0 Å². The van der Waals surface area contributed by atoms with Crippen molar-refractivity contribution in [2.75, 3.05) is 11.4 Å². The summed E-state index contributed by atoms with van der Waals surface area (Å²) >= 11 is 0. The van der Waals surface area contributed by atoms with Gasteiger partial charge in [0.15, 0.2) is 0 Å². The molecule has 2 aliphatic heterocycles. The highest BCUT2D eigenvalue weighted by Crippen LogP contribution is 2.58. The van der Waals surface area contributed by atoms with Crippen molar-refractivity contribution in [1.82, 2.24) is 0 Å². The lowest BCUT2D eigenvalue weighted by molar-refractivity contribution is 0.434. The summed E-state index contributed by atoms with van der Waals surface area (Å²) in [5, 5.41) is 0. The summed E-state index contributed by atoms with van der Waals surface area (Å²) < 4.78 is 0. The van der Waals surface area contributed by atoms with Crippen molar-refractivity contribution in [2.45, 2.75) is 38.1 Å². The van der Waals surface area contributed by atoms with Gasteiger partial charge in [-0.15, -0.1) is 0 Å². The fraction of sp³-hybridized carbons (Fsp3) is 0.368. The first-order valence-corrected chi connectivity index (χ1v) is 7.54. The summed E-state index contributed by atoms with van der Waals surface area (Å²) in [7, 11) is 0. The molecular formula is C19H21N. The third-order valence-corrected chi connectivity index (χ3v) is 5.51.